The number of carbonyl (C=O) groups is 2. The summed E-state index contributed by atoms with van der Waals surface area (Å²) in [5, 5.41) is 5.48. The van der Waals surface area contributed by atoms with Crippen LogP contribution in [0.4, 0.5) is 4.79 Å². The van der Waals surface area contributed by atoms with Gasteiger partial charge in [0.2, 0.25) is 0 Å². The number of allylic oxidation sites excluding steroid dienone is 1. The Kier molecular flexibility index (Phi) is 5.37. The summed E-state index contributed by atoms with van der Waals surface area (Å²) < 4.78 is 5.48. The van der Waals surface area contributed by atoms with Crippen molar-refractivity contribution in [3.63, 3.8) is 0 Å². The molecule has 0 saturated heterocycles. The fourth-order valence-corrected chi connectivity index (χ4v) is 2.96. The number of carbonyl (C=O) groups excluding carboxylic acids is 2. The van der Waals surface area contributed by atoms with Crippen molar-refractivity contribution in [3.05, 3.63) is 82.6 Å². The SMILES string of the molecule is CCc1ccc(C2NC(=O)NC(C)=C2C(=O)OCc2ccccc2)cc1. The van der Waals surface area contributed by atoms with Gasteiger partial charge in [0.1, 0.15) is 6.61 Å². The van der Waals surface area contributed by atoms with E-state index in [9.17, 15) is 9.59 Å². The zero-order valence-corrected chi connectivity index (χ0v) is 14.9. The Labute approximate surface area is 153 Å². The number of amides is 2. The number of rotatable bonds is 5. The van der Waals surface area contributed by atoms with Crippen molar-refractivity contribution >= 4 is 12.0 Å². The fourth-order valence-electron chi connectivity index (χ4n) is 2.96. The zero-order chi connectivity index (χ0) is 18.5. The minimum absolute atomic E-state index is 0.186. The number of hydrogen-bond donors (Lipinski definition) is 2. The molecule has 2 N–H and O–H groups in total. The molecule has 3 rings (SSSR count). The Morgan fingerprint density at radius 1 is 1.04 bits per heavy atom. The van der Waals surface area contributed by atoms with E-state index in [1.165, 1.54) is 5.56 Å². The lowest BCUT2D eigenvalue weighted by atomic mass is 9.94. The largest absolute Gasteiger partial charge is 0.457 e. The van der Waals surface area contributed by atoms with Crippen molar-refractivity contribution in [3.8, 4) is 0 Å². The van der Waals surface area contributed by atoms with E-state index in [0.29, 0.717) is 11.3 Å². The summed E-state index contributed by atoms with van der Waals surface area (Å²) in [7, 11) is 0. The molecule has 0 bridgehead atoms. The number of urea groups is 1. The highest BCUT2D eigenvalue weighted by molar-refractivity contribution is 5.95. The van der Waals surface area contributed by atoms with E-state index in [1.807, 2.05) is 54.6 Å². The molecule has 0 aliphatic carbocycles. The van der Waals surface area contributed by atoms with Crippen LogP contribution in [0.1, 0.15) is 36.6 Å². The molecule has 0 aromatic heterocycles. The van der Waals surface area contributed by atoms with Crippen LogP contribution in [0.15, 0.2) is 65.9 Å². The fraction of sp³-hybridized carbons (Fsp3) is 0.238. The molecule has 5 heteroatoms. The third-order valence-electron chi connectivity index (χ3n) is 4.42. The molecule has 1 aliphatic heterocycles. The van der Waals surface area contributed by atoms with Crippen LogP contribution in [-0.4, -0.2) is 12.0 Å². The lowest BCUT2D eigenvalue weighted by molar-refractivity contribution is -0.140. The van der Waals surface area contributed by atoms with E-state index in [0.717, 1.165) is 17.5 Å². The maximum atomic E-state index is 12.7. The molecule has 0 spiro atoms. The predicted octanol–water partition coefficient (Wildman–Crippen LogP) is 3.62. The van der Waals surface area contributed by atoms with Crippen LogP contribution in [0.3, 0.4) is 0 Å². The first kappa shape index (κ1) is 17.7. The highest BCUT2D eigenvalue weighted by Crippen LogP contribution is 2.28. The summed E-state index contributed by atoms with van der Waals surface area (Å²) in [5.41, 5.74) is 3.89. The van der Waals surface area contributed by atoms with Crippen LogP contribution in [0.25, 0.3) is 0 Å². The summed E-state index contributed by atoms with van der Waals surface area (Å²) >= 11 is 0. The Morgan fingerprint density at radius 2 is 1.73 bits per heavy atom. The highest BCUT2D eigenvalue weighted by Gasteiger charge is 2.32. The Hall–Kier alpha value is -3.08. The van der Waals surface area contributed by atoms with Crippen molar-refractivity contribution in [1.82, 2.24) is 10.6 Å². The smallest absolute Gasteiger partial charge is 0.338 e. The van der Waals surface area contributed by atoms with Gasteiger partial charge in [0.05, 0.1) is 11.6 Å². The van der Waals surface area contributed by atoms with Gasteiger partial charge < -0.3 is 15.4 Å². The average molecular weight is 350 g/mol. The molecule has 1 aliphatic rings. The second-order valence-electron chi connectivity index (χ2n) is 6.23. The summed E-state index contributed by atoms with van der Waals surface area (Å²) in [5.74, 6) is -0.441. The van der Waals surface area contributed by atoms with Gasteiger partial charge >= 0.3 is 12.0 Å². The van der Waals surface area contributed by atoms with Gasteiger partial charge in [-0.05, 0) is 30.0 Å². The molecule has 5 nitrogen and oxygen atoms in total. The van der Waals surface area contributed by atoms with Gasteiger partial charge in [-0.25, -0.2) is 9.59 Å². The monoisotopic (exact) mass is 350 g/mol. The summed E-state index contributed by atoms with van der Waals surface area (Å²) in [6, 6.07) is 16.5. The van der Waals surface area contributed by atoms with Gasteiger partial charge in [-0.1, -0.05) is 61.5 Å². The van der Waals surface area contributed by atoms with Crippen LogP contribution in [-0.2, 0) is 22.6 Å². The number of ether oxygens (including phenoxy) is 1. The van der Waals surface area contributed by atoms with Crippen LogP contribution >= 0.6 is 0 Å². The van der Waals surface area contributed by atoms with Gasteiger partial charge in [-0.3, -0.25) is 0 Å². The summed E-state index contributed by atoms with van der Waals surface area (Å²) in [6.07, 6.45) is 0.930. The topological polar surface area (TPSA) is 67.4 Å². The van der Waals surface area contributed by atoms with Crippen LogP contribution in [0, 0.1) is 0 Å². The third-order valence-corrected chi connectivity index (χ3v) is 4.42. The van der Waals surface area contributed by atoms with Crippen LogP contribution in [0.5, 0.6) is 0 Å². The van der Waals surface area contributed by atoms with E-state index in [-0.39, 0.29) is 12.6 Å². The van der Waals surface area contributed by atoms with E-state index < -0.39 is 12.0 Å². The molecular weight excluding hydrogens is 328 g/mol. The average Bonchev–Trinajstić information content (AvgIpc) is 2.66. The maximum absolute atomic E-state index is 12.7. The van der Waals surface area contributed by atoms with Gasteiger partial charge in [0.25, 0.3) is 0 Å². The first-order chi connectivity index (χ1) is 12.6. The van der Waals surface area contributed by atoms with Crippen molar-refractivity contribution in [1.29, 1.82) is 0 Å². The Morgan fingerprint density at radius 3 is 2.38 bits per heavy atom. The molecule has 26 heavy (non-hydrogen) atoms. The Bertz CT molecular complexity index is 826. The second-order valence-corrected chi connectivity index (χ2v) is 6.23. The van der Waals surface area contributed by atoms with Crippen molar-refractivity contribution in [2.75, 3.05) is 0 Å². The molecule has 0 radical (unpaired) electrons. The first-order valence-corrected chi connectivity index (χ1v) is 8.66. The lowest BCUT2D eigenvalue weighted by Gasteiger charge is -2.28. The lowest BCUT2D eigenvalue weighted by Crippen LogP contribution is -2.45. The van der Waals surface area contributed by atoms with Crippen LogP contribution in [0.2, 0.25) is 0 Å². The number of benzene rings is 2. The molecule has 1 unspecified atom stereocenters. The molecule has 2 aromatic rings. The molecule has 1 atom stereocenters. The molecule has 2 amide bonds. The molecule has 134 valence electrons. The predicted molar refractivity (Wildman–Crippen MR) is 99.2 cm³/mol. The number of nitrogens with one attached hydrogen (secondary N) is 2. The summed E-state index contributed by atoms with van der Waals surface area (Å²) in [6.45, 7) is 3.98. The number of esters is 1. The molecular formula is C21H22N2O3. The van der Waals surface area contributed by atoms with E-state index >= 15 is 0 Å². The normalized spacial score (nSPS) is 16.7. The third kappa shape index (κ3) is 3.94. The van der Waals surface area contributed by atoms with Crippen molar-refractivity contribution in [2.24, 2.45) is 0 Å². The van der Waals surface area contributed by atoms with Gasteiger partial charge in [-0.15, -0.1) is 0 Å². The quantitative estimate of drug-likeness (QED) is 0.810. The van der Waals surface area contributed by atoms with E-state index in [1.54, 1.807) is 6.92 Å². The molecule has 0 fully saturated rings. The summed E-state index contributed by atoms with van der Waals surface area (Å²) in [4.78, 5) is 24.6. The van der Waals surface area contributed by atoms with Crippen LogP contribution < -0.4 is 10.6 Å². The van der Waals surface area contributed by atoms with E-state index in [2.05, 4.69) is 17.6 Å². The van der Waals surface area contributed by atoms with Gasteiger partial charge in [0.15, 0.2) is 0 Å². The second kappa shape index (κ2) is 7.87. The van der Waals surface area contributed by atoms with Crippen molar-refractivity contribution in [2.45, 2.75) is 32.9 Å². The molecule has 0 saturated carbocycles. The molecule has 2 aromatic carbocycles. The van der Waals surface area contributed by atoms with Crippen molar-refractivity contribution < 1.29 is 14.3 Å². The Balaban J connectivity index is 1.83. The standard InChI is InChI=1S/C21H22N2O3/c1-3-15-9-11-17(12-10-15)19-18(14(2)22-21(25)23-19)20(24)26-13-16-7-5-4-6-8-16/h4-12,19H,3,13H2,1-2H3,(H2,22,23,25). The first-order valence-electron chi connectivity index (χ1n) is 8.66. The highest BCUT2D eigenvalue weighted by atomic mass is 16.5. The van der Waals surface area contributed by atoms with E-state index in [4.69, 9.17) is 4.74 Å². The van der Waals surface area contributed by atoms with Gasteiger partial charge in [-0.2, -0.15) is 0 Å². The zero-order valence-electron chi connectivity index (χ0n) is 14.9. The van der Waals surface area contributed by atoms with Gasteiger partial charge in [0, 0.05) is 5.70 Å². The number of aryl methyl sites for hydroxylation is 1. The maximum Gasteiger partial charge on any atom is 0.338 e. The number of hydrogen-bond acceptors (Lipinski definition) is 3. The minimum atomic E-state index is -0.530. The minimum Gasteiger partial charge on any atom is -0.457 e. The molecule has 1 heterocycles.